The second-order valence-electron chi connectivity index (χ2n) is 8.16. The van der Waals surface area contributed by atoms with Gasteiger partial charge in [-0.1, -0.05) is 50.6 Å². The van der Waals surface area contributed by atoms with Gasteiger partial charge in [-0.2, -0.15) is 4.31 Å². The van der Waals surface area contributed by atoms with Crippen molar-refractivity contribution in [3.63, 3.8) is 0 Å². The quantitative estimate of drug-likeness (QED) is 0.676. The summed E-state index contributed by atoms with van der Waals surface area (Å²) in [6, 6.07) is 16.8. The lowest BCUT2D eigenvalue weighted by Gasteiger charge is -2.25. The lowest BCUT2D eigenvalue weighted by Crippen LogP contribution is -2.88. The predicted octanol–water partition coefficient (Wildman–Crippen LogP) is 2.76. The molecular weight excluding hydrogens is 398 g/mol. The number of carbonyl (C=O) groups is 1. The largest absolute Gasteiger partial charge is 0.332 e. The minimum absolute atomic E-state index is 0.108. The summed E-state index contributed by atoms with van der Waals surface area (Å²) in [4.78, 5) is 12.7. The highest BCUT2D eigenvalue weighted by Crippen LogP contribution is 2.22. The lowest BCUT2D eigenvalue weighted by atomic mass is 9.96. The summed E-state index contributed by atoms with van der Waals surface area (Å²) in [6.07, 6.45) is 2.89. The van der Waals surface area contributed by atoms with E-state index < -0.39 is 10.0 Å². The first-order valence-corrected chi connectivity index (χ1v) is 12.1. The first kappa shape index (κ1) is 22.5. The molecule has 1 fully saturated rings. The fourth-order valence-corrected chi connectivity index (χ4v) is 5.40. The average Bonchev–Trinajstić information content (AvgIpc) is 2.75. The maximum Gasteiger partial charge on any atom is 0.279 e. The van der Waals surface area contributed by atoms with Crippen LogP contribution in [0.3, 0.4) is 0 Å². The second kappa shape index (κ2) is 10.2. The molecule has 1 atom stereocenters. The smallest absolute Gasteiger partial charge is 0.279 e. The molecular formula is C23H32N3O3S+. The van der Waals surface area contributed by atoms with Crippen LogP contribution in [0.4, 0.5) is 5.69 Å². The van der Waals surface area contributed by atoms with Crippen molar-refractivity contribution in [3.05, 3.63) is 60.2 Å². The van der Waals surface area contributed by atoms with Gasteiger partial charge < -0.3 is 10.6 Å². The van der Waals surface area contributed by atoms with E-state index in [4.69, 9.17) is 0 Å². The number of nitrogens with one attached hydrogen (secondary N) is 1. The van der Waals surface area contributed by atoms with Crippen LogP contribution in [0.1, 0.15) is 44.7 Å². The number of nitrogens with two attached hydrogens (primary N) is 1. The predicted molar refractivity (Wildman–Crippen MR) is 118 cm³/mol. The van der Waals surface area contributed by atoms with Gasteiger partial charge in [0.1, 0.15) is 6.04 Å². The average molecular weight is 431 g/mol. The van der Waals surface area contributed by atoms with Crippen LogP contribution in [-0.2, 0) is 14.8 Å². The Hall–Kier alpha value is -2.22. The fourth-order valence-electron chi connectivity index (χ4n) is 3.88. The summed E-state index contributed by atoms with van der Waals surface area (Å²) in [6.45, 7) is 5.75. The summed E-state index contributed by atoms with van der Waals surface area (Å²) < 4.78 is 27.0. The third kappa shape index (κ3) is 5.68. The Bertz CT molecular complexity index is 922. The Kier molecular flexibility index (Phi) is 7.64. The molecule has 1 aliphatic rings. The molecule has 1 heterocycles. The number of nitrogens with zero attached hydrogens (tertiary/aromatic N) is 1. The van der Waals surface area contributed by atoms with E-state index in [2.05, 4.69) is 31.3 Å². The topological polar surface area (TPSA) is 83.1 Å². The van der Waals surface area contributed by atoms with Crippen molar-refractivity contribution in [1.29, 1.82) is 0 Å². The highest BCUT2D eigenvalue weighted by Gasteiger charge is 2.26. The number of rotatable bonds is 8. The van der Waals surface area contributed by atoms with Crippen LogP contribution in [0.25, 0.3) is 0 Å². The minimum Gasteiger partial charge on any atom is -0.332 e. The SMILES string of the molecule is CC(C)[C@@H]([NH2+]CC(=O)Nc1ccc(S(=O)(=O)N2CCCCC2)cc1)c1ccccc1. The zero-order valence-corrected chi connectivity index (χ0v) is 18.6. The van der Waals surface area contributed by atoms with Crippen LogP contribution in [0.15, 0.2) is 59.5 Å². The summed E-state index contributed by atoms with van der Waals surface area (Å²) in [7, 11) is -3.45. The van der Waals surface area contributed by atoms with Crippen LogP contribution < -0.4 is 10.6 Å². The molecule has 0 unspecified atom stereocenters. The standard InChI is InChI=1S/C23H31N3O3S/c1-18(2)23(19-9-5-3-6-10-19)24-17-22(27)25-20-11-13-21(14-12-20)30(28,29)26-15-7-4-8-16-26/h3,5-6,9-14,18,23-24H,4,7-8,15-17H2,1-2H3,(H,25,27)/p+1/t23-/m1/s1. The van der Waals surface area contributed by atoms with Gasteiger partial charge in [-0.25, -0.2) is 8.42 Å². The van der Waals surface area contributed by atoms with E-state index in [-0.39, 0.29) is 16.8 Å². The van der Waals surface area contributed by atoms with Crippen LogP contribution in [0, 0.1) is 5.92 Å². The van der Waals surface area contributed by atoms with E-state index in [1.165, 1.54) is 5.56 Å². The molecule has 0 bridgehead atoms. The number of anilines is 1. The van der Waals surface area contributed by atoms with Crippen molar-refractivity contribution in [2.75, 3.05) is 25.0 Å². The van der Waals surface area contributed by atoms with Crippen LogP contribution in [-0.4, -0.2) is 38.3 Å². The molecule has 30 heavy (non-hydrogen) atoms. The maximum atomic E-state index is 12.7. The molecule has 3 rings (SSSR count). The molecule has 2 aromatic rings. The molecule has 0 saturated carbocycles. The Morgan fingerprint density at radius 1 is 1.00 bits per heavy atom. The van der Waals surface area contributed by atoms with E-state index in [1.54, 1.807) is 28.6 Å². The minimum atomic E-state index is -3.45. The number of hydrogen-bond acceptors (Lipinski definition) is 3. The van der Waals surface area contributed by atoms with Gasteiger partial charge >= 0.3 is 0 Å². The highest BCUT2D eigenvalue weighted by atomic mass is 32.2. The molecule has 3 N–H and O–H groups in total. The molecule has 0 aromatic heterocycles. The number of piperidine rings is 1. The van der Waals surface area contributed by atoms with Crippen molar-refractivity contribution in [2.24, 2.45) is 5.92 Å². The van der Waals surface area contributed by atoms with Gasteiger partial charge in [-0.15, -0.1) is 0 Å². The first-order chi connectivity index (χ1) is 14.4. The van der Waals surface area contributed by atoms with Crippen LogP contribution in [0.2, 0.25) is 0 Å². The normalized spacial score (nSPS) is 16.4. The van der Waals surface area contributed by atoms with Gasteiger partial charge in [0.05, 0.1) is 4.90 Å². The Morgan fingerprint density at radius 2 is 1.63 bits per heavy atom. The third-order valence-electron chi connectivity index (χ3n) is 5.55. The number of hydrogen-bond donors (Lipinski definition) is 2. The van der Waals surface area contributed by atoms with Gasteiger partial charge in [0.2, 0.25) is 10.0 Å². The first-order valence-electron chi connectivity index (χ1n) is 10.7. The van der Waals surface area contributed by atoms with Crippen molar-refractivity contribution in [1.82, 2.24) is 4.31 Å². The fraction of sp³-hybridized carbons (Fsp3) is 0.435. The molecule has 1 amide bonds. The van der Waals surface area contributed by atoms with Crippen molar-refractivity contribution < 1.29 is 18.5 Å². The molecule has 0 spiro atoms. The number of amides is 1. The zero-order valence-electron chi connectivity index (χ0n) is 17.8. The Morgan fingerprint density at radius 3 is 2.23 bits per heavy atom. The Balaban J connectivity index is 1.58. The highest BCUT2D eigenvalue weighted by molar-refractivity contribution is 7.89. The van der Waals surface area contributed by atoms with E-state index in [0.717, 1.165) is 19.3 Å². The molecule has 1 saturated heterocycles. The van der Waals surface area contributed by atoms with Crippen molar-refractivity contribution in [2.45, 2.75) is 44.0 Å². The van der Waals surface area contributed by atoms with Gasteiger partial charge in [0.25, 0.3) is 5.91 Å². The maximum absolute atomic E-state index is 12.7. The van der Waals surface area contributed by atoms with E-state index in [0.29, 0.717) is 31.2 Å². The van der Waals surface area contributed by atoms with E-state index in [9.17, 15) is 13.2 Å². The van der Waals surface area contributed by atoms with E-state index in [1.807, 2.05) is 23.5 Å². The molecule has 162 valence electrons. The number of sulfonamides is 1. The molecule has 2 aromatic carbocycles. The second-order valence-corrected chi connectivity index (χ2v) is 10.1. The summed E-state index contributed by atoms with van der Waals surface area (Å²) >= 11 is 0. The van der Waals surface area contributed by atoms with Gasteiger partial charge in [-0.05, 0) is 37.1 Å². The van der Waals surface area contributed by atoms with E-state index >= 15 is 0 Å². The van der Waals surface area contributed by atoms with Gasteiger partial charge in [0.15, 0.2) is 6.54 Å². The third-order valence-corrected chi connectivity index (χ3v) is 7.46. The van der Waals surface area contributed by atoms with Crippen molar-refractivity contribution >= 4 is 21.6 Å². The summed E-state index contributed by atoms with van der Waals surface area (Å²) in [5.74, 6) is 0.280. The van der Waals surface area contributed by atoms with Gasteiger partial charge in [-0.3, -0.25) is 4.79 Å². The Labute approximate surface area is 179 Å². The number of carbonyl (C=O) groups excluding carboxylic acids is 1. The van der Waals surface area contributed by atoms with Crippen molar-refractivity contribution in [3.8, 4) is 0 Å². The molecule has 1 aliphatic heterocycles. The van der Waals surface area contributed by atoms with Crippen LogP contribution in [0.5, 0.6) is 0 Å². The number of quaternary nitrogens is 1. The summed E-state index contributed by atoms with van der Waals surface area (Å²) in [5.41, 5.74) is 1.80. The number of benzene rings is 2. The zero-order chi connectivity index (χ0) is 21.6. The lowest BCUT2D eigenvalue weighted by molar-refractivity contribution is -0.692. The molecule has 0 radical (unpaired) electrons. The molecule has 6 nitrogen and oxygen atoms in total. The molecule has 7 heteroatoms. The van der Waals surface area contributed by atoms with Gasteiger partial charge in [0, 0.05) is 30.3 Å². The molecule has 0 aliphatic carbocycles. The summed E-state index contributed by atoms with van der Waals surface area (Å²) in [5, 5.41) is 4.91. The monoisotopic (exact) mass is 430 g/mol. The van der Waals surface area contributed by atoms with Crippen LogP contribution >= 0.6 is 0 Å².